The molecule has 0 bridgehead atoms. The molecular weight excluding hydrogens is 284 g/mol. The van der Waals surface area contributed by atoms with E-state index in [0.29, 0.717) is 11.5 Å². The van der Waals surface area contributed by atoms with Crippen molar-refractivity contribution in [2.45, 2.75) is 43.1 Å². The maximum Gasteiger partial charge on any atom is 0.248 e. The van der Waals surface area contributed by atoms with E-state index in [4.69, 9.17) is 5.73 Å². The number of nitrogens with zero attached hydrogens (tertiary/aromatic N) is 3. The maximum absolute atomic E-state index is 11.2. The van der Waals surface area contributed by atoms with Gasteiger partial charge >= 0.3 is 0 Å². The minimum absolute atomic E-state index is 0.394. The van der Waals surface area contributed by atoms with Crippen molar-refractivity contribution in [1.29, 1.82) is 0 Å². The van der Waals surface area contributed by atoms with Gasteiger partial charge in [0.1, 0.15) is 5.82 Å². The van der Waals surface area contributed by atoms with Gasteiger partial charge in [-0.05, 0) is 37.5 Å². The number of carbonyl (C=O) groups excluding carboxylic acids is 1. The molecule has 21 heavy (non-hydrogen) atoms. The van der Waals surface area contributed by atoms with E-state index in [1.807, 2.05) is 18.2 Å². The van der Waals surface area contributed by atoms with Crippen LogP contribution in [-0.4, -0.2) is 20.7 Å². The van der Waals surface area contributed by atoms with Crippen molar-refractivity contribution >= 4 is 17.7 Å². The first-order valence-corrected chi connectivity index (χ1v) is 8.12. The van der Waals surface area contributed by atoms with Gasteiger partial charge < -0.3 is 10.3 Å². The van der Waals surface area contributed by atoms with Crippen LogP contribution < -0.4 is 5.73 Å². The molecule has 1 aliphatic rings. The van der Waals surface area contributed by atoms with Crippen molar-refractivity contribution in [2.24, 2.45) is 5.73 Å². The number of hydrogen-bond donors (Lipinski definition) is 1. The molecule has 1 saturated carbocycles. The van der Waals surface area contributed by atoms with Gasteiger partial charge in [-0.15, -0.1) is 10.2 Å². The molecule has 1 amide bonds. The Morgan fingerprint density at radius 2 is 2.24 bits per heavy atom. The highest BCUT2D eigenvalue weighted by Gasteiger charge is 2.29. The van der Waals surface area contributed by atoms with E-state index in [1.165, 1.54) is 12.8 Å². The zero-order chi connectivity index (χ0) is 14.8. The molecule has 6 heteroatoms. The monoisotopic (exact) mass is 302 g/mol. The summed E-state index contributed by atoms with van der Waals surface area (Å²) in [4.78, 5) is 11.2. The Morgan fingerprint density at radius 3 is 2.90 bits per heavy atom. The predicted molar refractivity (Wildman–Crippen MR) is 82.2 cm³/mol. The first-order chi connectivity index (χ1) is 10.2. The molecule has 0 aliphatic heterocycles. The van der Waals surface area contributed by atoms with Crippen molar-refractivity contribution in [3.05, 3.63) is 41.2 Å². The van der Waals surface area contributed by atoms with Gasteiger partial charge in [0.05, 0.1) is 0 Å². The number of primary amides is 1. The van der Waals surface area contributed by atoms with Crippen LogP contribution in [-0.2, 0) is 12.3 Å². The third kappa shape index (κ3) is 3.10. The number of rotatable bonds is 6. The van der Waals surface area contributed by atoms with Crippen LogP contribution in [0.25, 0.3) is 0 Å². The lowest BCUT2D eigenvalue weighted by Gasteiger charge is -2.07. The zero-order valence-corrected chi connectivity index (χ0v) is 12.8. The van der Waals surface area contributed by atoms with Gasteiger partial charge in [-0.1, -0.05) is 23.9 Å². The molecule has 0 saturated heterocycles. The fraction of sp³-hybridized carbons (Fsp3) is 0.400. The van der Waals surface area contributed by atoms with Crippen LogP contribution in [0.15, 0.2) is 29.4 Å². The van der Waals surface area contributed by atoms with Crippen molar-refractivity contribution in [2.75, 3.05) is 0 Å². The summed E-state index contributed by atoms with van der Waals surface area (Å²) in [5.74, 6) is 2.08. The highest BCUT2D eigenvalue weighted by molar-refractivity contribution is 7.98. The molecule has 0 atom stereocenters. The Hall–Kier alpha value is -1.82. The lowest BCUT2D eigenvalue weighted by Crippen LogP contribution is -2.10. The summed E-state index contributed by atoms with van der Waals surface area (Å²) in [6.45, 7) is 3.01. The number of carbonyl (C=O) groups is 1. The first kappa shape index (κ1) is 14.1. The number of aromatic nitrogens is 3. The summed E-state index contributed by atoms with van der Waals surface area (Å²) in [5, 5.41) is 9.58. The summed E-state index contributed by atoms with van der Waals surface area (Å²) < 4.78 is 2.19. The molecule has 5 nitrogen and oxygen atoms in total. The second kappa shape index (κ2) is 5.89. The first-order valence-electron chi connectivity index (χ1n) is 7.13. The Labute approximate surface area is 127 Å². The van der Waals surface area contributed by atoms with Crippen molar-refractivity contribution in [3.8, 4) is 0 Å². The second-order valence-electron chi connectivity index (χ2n) is 5.21. The molecular formula is C15H18N4OS. The van der Waals surface area contributed by atoms with Crippen LogP contribution in [0.5, 0.6) is 0 Å². The molecule has 1 aromatic carbocycles. The summed E-state index contributed by atoms with van der Waals surface area (Å²) in [7, 11) is 0. The van der Waals surface area contributed by atoms with Crippen molar-refractivity contribution in [3.63, 3.8) is 0 Å². The number of nitrogens with two attached hydrogens (primary N) is 1. The minimum atomic E-state index is -0.394. The summed E-state index contributed by atoms with van der Waals surface area (Å²) in [6.07, 6.45) is 2.45. The third-order valence-corrected chi connectivity index (χ3v) is 4.62. The van der Waals surface area contributed by atoms with Crippen LogP contribution in [0.2, 0.25) is 0 Å². The molecule has 3 rings (SSSR count). The Kier molecular flexibility index (Phi) is 3.96. The van der Waals surface area contributed by atoms with Gasteiger partial charge in [-0.25, -0.2) is 0 Å². The van der Waals surface area contributed by atoms with E-state index in [-0.39, 0.29) is 0 Å². The van der Waals surface area contributed by atoms with Crippen molar-refractivity contribution in [1.82, 2.24) is 14.8 Å². The van der Waals surface area contributed by atoms with Gasteiger partial charge in [-0.3, -0.25) is 4.79 Å². The number of thioether (sulfide) groups is 1. The van der Waals surface area contributed by atoms with Gasteiger partial charge in [0.15, 0.2) is 5.16 Å². The van der Waals surface area contributed by atoms with E-state index in [2.05, 4.69) is 21.7 Å². The van der Waals surface area contributed by atoms with Gasteiger partial charge in [0, 0.05) is 23.8 Å². The fourth-order valence-corrected chi connectivity index (χ4v) is 3.26. The third-order valence-electron chi connectivity index (χ3n) is 3.58. The maximum atomic E-state index is 11.2. The standard InChI is InChI=1S/C15H18N4OS/c1-2-19-14(11-6-7-11)17-18-15(19)21-9-10-4-3-5-12(8-10)13(16)20/h3-5,8,11H,2,6-7,9H2,1H3,(H2,16,20). The topological polar surface area (TPSA) is 73.8 Å². The highest BCUT2D eigenvalue weighted by Crippen LogP contribution is 2.40. The molecule has 1 fully saturated rings. The van der Waals surface area contributed by atoms with E-state index in [1.54, 1.807) is 17.8 Å². The summed E-state index contributed by atoms with van der Waals surface area (Å²) in [5.41, 5.74) is 6.92. The number of amides is 1. The summed E-state index contributed by atoms with van der Waals surface area (Å²) >= 11 is 1.65. The average molecular weight is 302 g/mol. The predicted octanol–water partition coefficient (Wildman–Crippen LogP) is 2.57. The van der Waals surface area contributed by atoms with E-state index >= 15 is 0 Å². The van der Waals surface area contributed by atoms with E-state index in [9.17, 15) is 4.79 Å². The van der Waals surface area contributed by atoms with E-state index in [0.717, 1.165) is 28.8 Å². The normalized spacial score (nSPS) is 14.3. The molecule has 2 aromatic rings. The Morgan fingerprint density at radius 1 is 1.43 bits per heavy atom. The molecule has 0 radical (unpaired) electrons. The van der Waals surface area contributed by atoms with Crippen LogP contribution in [0.4, 0.5) is 0 Å². The molecule has 0 unspecified atom stereocenters. The number of hydrogen-bond acceptors (Lipinski definition) is 4. The quantitative estimate of drug-likeness (QED) is 0.832. The Balaban J connectivity index is 1.73. The molecule has 1 aromatic heterocycles. The lowest BCUT2D eigenvalue weighted by molar-refractivity contribution is 0.1000. The van der Waals surface area contributed by atoms with Crippen LogP contribution in [0.1, 0.15) is 47.4 Å². The molecule has 2 N–H and O–H groups in total. The van der Waals surface area contributed by atoms with Crippen LogP contribution in [0, 0.1) is 0 Å². The zero-order valence-electron chi connectivity index (χ0n) is 12.0. The molecule has 0 spiro atoms. The molecule has 110 valence electrons. The highest BCUT2D eigenvalue weighted by atomic mass is 32.2. The number of benzene rings is 1. The van der Waals surface area contributed by atoms with Crippen molar-refractivity contribution < 1.29 is 4.79 Å². The molecule has 1 heterocycles. The summed E-state index contributed by atoms with van der Waals surface area (Å²) in [6, 6.07) is 7.42. The second-order valence-corrected chi connectivity index (χ2v) is 6.16. The van der Waals surface area contributed by atoms with Crippen LogP contribution >= 0.6 is 11.8 Å². The average Bonchev–Trinajstić information content (AvgIpc) is 3.25. The van der Waals surface area contributed by atoms with Gasteiger partial charge in [0.2, 0.25) is 5.91 Å². The molecule has 1 aliphatic carbocycles. The smallest absolute Gasteiger partial charge is 0.248 e. The van der Waals surface area contributed by atoms with Crippen LogP contribution in [0.3, 0.4) is 0 Å². The van der Waals surface area contributed by atoms with E-state index < -0.39 is 5.91 Å². The minimum Gasteiger partial charge on any atom is -0.366 e. The fourth-order valence-electron chi connectivity index (χ4n) is 2.31. The largest absolute Gasteiger partial charge is 0.366 e. The Bertz CT molecular complexity index is 663. The van der Waals surface area contributed by atoms with Gasteiger partial charge in [0.25, 0.3) is 0 Å². The lowest BCUT2D eigenvalue weighted by atomic mass is 10.1. The van der Waals surface area contributed by atoms with Gasteiger partial charge in [-0.2, -0.15) is 0 Å². The SMILES string of the molecule is CCn1c(SCc2cccc(C(N)=O)c2)nnc1C1CC1.